The number of benzene rings is 1. The fraction of sp³-hybridized carbons (Fsp3) is 0.600. The van der Waals surface area contributed by atoms with E-state index in [4.69, 9.17) is 10.5 Å². The van der Waals surface area contributed by atoms with Crippen LogP contribution in [0.15, 0.2) is 24.3 Å². The number of nitrogens with two attached hydrogens (primary N) is 1. The van der Waals surface area contributed by atoms with Gasteiger partial charge in [0, 0.05) is 12.6 Å². The van der Waals surface area contributed by atoms with Crippen LogP contribution < -0.4 is 15.8 Å². The van der Waals surface area contributed by atoms with Crippen molar-refractivity contribution in [2.45, 2.75) is 32.2 Å². The molecule has 0 saturated heterocycles. The lowest BCUT2D eigenvalue weighted by Gasteiger charge is -2.17. The highest BCUT2D eigenvalue weighted by Crippen LogP contribution is 2.32. The van der Waals surface area contributed by atoms with Crippen LogP contribution in [0.5, 0.6) is 5.75 Å². The van der Waals surface area contributed by atoms with Crippen molar-refractivity contribution in [2.24, 2.45) is 11.7 Å². The summed E-state index contributed by atoms with van der Waals surface area (Å²) in [5.74, 6) is 1.89. The predicted octanol–water partition coefficient (Wildman–Crippen LogP) is 2.47. The smallest absolute Gasteiger partial charge is 0.119 e. The molecule has 0 bridgehead atoms. The molecule has 1 aromatic carbocycles. The summed E-state index contributed by atoms with van der Waals surface area (Å²) in [6.07, 6.45) is 4.11. The van der Waals surface area contributed by atoms with Gasteiger partial charge in [-0.25, -0.2) is 0 Å². The van der Waals surface area contributed by atoms with Crippen molar-refractivity contribution < 1.29 is 4.74 Å². The molecule has 0 aliphatic heterocycles. The highest BCUT2D eigenvalue weighted by molar-refractivity contribution is 5.29. The van der Waals surface area contributed by atoms with Gasteiger partial charge in [0.15, 0.2) is 0 Å². The number of rotatable bonds is 8. The fourth-order valence-electron chi connectivity index (χ4n) is 2.17. The van der Waals surface area contributed by atoms with Gasteiger partial charge in [0.1, 0.15) is 5.75 Å². The molecule has 0 heterocycles. The van der Waals surface area contributed by atoms with Crippen molar-refractivity contribution in [2.75, 3.05) is 19.7 Å². The van der Waals surface area contributed by atoms with E-state index in [9.17, 15) is 0 Å². The van der Waals surface area contributed by atoms with Crippen molar-refractivity contribution in [1.82, 2.24) is 5.32 Å². The Labute approximate surface area is 110 Å². The minimum Gasteiger partial charge on any atom is -0.494 e. The molecule has 3 heteroatoms. The Hall–Kier alpha value is -1.06. The van der Waals surface area contributed by atoms with Crippen LogP contribution in [0.2, 0.25) is 0 Å². The molecule has 100 valence electrons. The Morgan fingerprint density at radius 2 is 2.06 bits per heavy atom. The normalized spacial score (nSPS) is 16.6. The van der Waals surface area contributed by atoms with E-state index in [-0.39, 0.29) is 6.04 Å². The van der Waals surface area contributed by atoms with E-state index in [0.717, 1.165) is 18.2 Å². The lowest BCUT2D eigenvalue weighted by atomic mass is 10.1. The zero-order valence-corrected chi connectivity index (χ0v) is 11.2. The van der Waals surface area contributed by atoms with Gasteiger partial charge in [0.05, 0.1) is 6.61 Å². The molecule has 1 aromatic rings. The van der Waals surface area contributed by atoms with E-state index in [1.54, 1.807) is 0 Å². The van der Waals surface area contributed by atoms with E-state index in [1.807, 2.05) is 19.1 Å². The second-order valence-electron chi connectivity index (χ2n) is 4.98. The van der Waals surface area contributed by atoms with E-state index < -0.39 is 0 Å². The average molecular weight is 248 g/mol. The van der Waals surface area contributed by atoms with Crippen molar-refractivity contribution in [3.63, 3.8) is 0 Å². The Kier molecular flexibility index (Phi) is 5.02. The summed E-state index contributed by atoms with van der Waals surface area (Å²) in [6.45, 7) is 4.41. The third-order valence-corrected chi connectivity index (χ3v) is 3.47. The topological polar surface area (TPSA) is 47.3 Å². The number of hydrogen-bond donors (Lipinski definition) is 2. The maximum atomic E-state index is 5.84. The Morgan fingerprint density at radius 3 is 2.61 bits per heavy atom. The number of nitrogens with one attached hydrogen (secondary N) is 1. The highest BCUT2D eigenvalue weighted by atomic mass is 16.5. The maximum absolute atomic E-state index is 5.84. The molecule has 1 unspecified atom stereocenters. The molecule has 1 aliphatic carbocycles. The van der Waals surface area contributed by atoms with E-state index >= 15 is 0 Å². The van der Waals surface area contributed by atoms with Gasteiger partial charge < -0.3 is 15.8 Å². The molecule has 0 aromatic heterocycles. The minimum atomic E-state index is 0.263. The fourth-order valence-corrected chi connectivity index (χ4v) is 2.17. The second-order valence-corrected chi connectivity index (χ2v) is 4.98. The van der Waals surface area contributed by atoms with Crippen LogP contribution in [-0.2, 0) is 0 Å². The van der Waals surface area contributed by atoms with Crippen molar-refractivity contribution >= 4 is 0 Å². The summed E-state index contributed by atoms with van der Waals surface area (Å²) in [4.78, 5) is 0. The van der Waals surface area contributed by atoms with Crippen molar-refractivity contribution in [3.8, 4) is 5.75 Å². The molecule has 3 N–H and O–H groups in total. The molecule has 1 aliphatic rings. The summed E-state index contributed by atoms with van der Waals surface area (Å²) >= 11 is 0. The summed E-state index contributed by atoms with van der Waals surface area (Å²) in [5, 5.41) is 3.54. The Morgan fingerprint density at radius 1 is 1.33 bits per heavy atom. The Balaban J connectivity index is 1.84. The molecule has 0 radical (unpaired) electrons. The molecular formula is C15H24N2O. The van der Waals surface area contributed by atoms with Crippen LogP contribution in [0.1, 0.15) is 37.8 Å². The van der Waals surface area contributed by atoms with E-state index in [0.29, 0.717) is 13.2 Å². The highest BCUT2D eigenvalue weighted by Gasteiger charge is 2.20. The monoisotopic (exact) mass is 248 g/mol. The molecule has 2 rings (SSSR count). The average Bonchev–Trinajstić information content (AvgIpc) is 3.20. The molecule has 1 saturated carbocycles. The van der Waals surface area contributed by atoms with Crippen LogP contribution >= 0.6 is 0 Å². The van der Waals surface area contributed by atoms with Crippen molar-refractivity contribution in [1.29, 1.82) is 0 Å². The summed E-state index contributed by atoms with van der Waals surface area (Å²) in [6, 6.07) is 8.51. The van der Waals surface area contributed by atoms with Crippen LogP contribution in [0.4, 0.5) is 0 Å². The third kappa shape index (κ3) is 4.00. The molecule has 18 heavy (non-hydrogen) atoms. The van der Waals surface area contributed by atoms with Crippen LogP contribution in [0, 0.1) is 5.92 Å². The summed E-state index contributed by atoms with van der Waals surface area (Å²) < 4.78 is 5.44. The van der Waals surface area contributed by atoms with Crippen LogP contribution in [0.3, 0.4) is 0 Å². The third-order valence-electron chi connectivity index (χ3n) is 3.47. The van der Waals surface area contributed by atoms with E-state index in [2.05, 4.69) is 17.4 Å². The Bertz CT molecular complexity index is 346. The molecule has 0 spiro atoms. The maximum Gasteiger partial charge on any atom is 0.119 e. The van der Waals surface area contributed by atoms with E-state index in [1.165, 1.54) is 24.8 Å². The number of hydrogen-bond acceptors (Lipinski definition) is 3. The molecule has 1 fully saturated rings. The summed E-state index contributed by atoms with van der Waals surface area (Å²) in [7, 11) is 0. The van der Waals surface area contributed by atoms with Gasteiger partial charge in [0.25, 0.3) is 0 Å². The second kappa shape index (κ2) is 6.76. The van der Waals surface area contributed by atoms with Gasteiger partial charge in [-0.05, 0) is 43.5 Å². The quantitative estimate of drug-likeness (QED) is 0.743. The first-order chi connectivity index (χ1) is 8.83. The lowest BCUT2D eigenvalue weighted by Crippen LogP contribution is -2.29. The first kappa shape index (κ1) is 13.4. The van der Waals surface area contributed by atoms with Gasteiger partial charge >= 0.3 is 0 Å². The standard InChI is InChI=1S/C15H24N2O/c1-2-18-14-7-5-13(6-8-14)15(11-16)17-10-9-12-3-4-12/h5-8,12,15,17H,2-4,9-11,16H2,1H3. The largest absolute Gasteiger partial charge is 0.494 e. The molecule has 1 atom stereocenters. The van der Waals surface area contributed by atoms with Gasteiger partial charge in [0.2, 0.25) is 0 Å². The number of ether oxygens (including phenoxy) is 1. The zero-order valence-electron chi connectivity index (χ0n) is 11.2. The predicted molar refractivity (Wildman–Crippen MR) is 74.8 cm³/mol. The molecule has 0 amide bonds. The molecule has 3 nitrogen and oxygen atoms in total. The minimum absolute atomic E-state index is 0.263. The van der Waals surface area contributed by atoms with Crippen LogP contribution in [-0.4, -0.2) is 19.7 Å². The van der Waals surface area contributed by atoms with Gasteiger partial charge in [-0.1, -0.05) is 25.0 Å². The van der Waals surface area contributed by atoms with Gasteiger partial charge in [-0.2, -0.15) is 0 Å². The first-order valence-electron chi connectivity index (χ1n) is 6.99. The zero-order chi connectivity index (χ0) is 12.8. The lowest BCUT2D eigenvalue weighted by molar-refractivity contribution is 0.340. The first-order valence-corrected chi connectivity index (χ1v) is 6.99. The van der Waals surface area contributed by atoms with Crippen molar-refractivity contribution in [3.05, 3.63) is 29.8 Å². The van der Waals surface area contributed by atoms with Crippen LogP contribution in [0.25, 0.3) is 0 Å². The van der Waals surface area contributed by atoms with Gasteiger partial charge in [-0.3, -0.25) is 0 Å². The molecular weight excluding hydrogens is 224 g/mol. The van der Waals surface area contributed by atoms with Gasteiger partial charge in [-0.15, -0.1) is 0 Å². The summed E-state index contributed by atoms with van der Waals surface area (Å²) in [5.41, 5.74) is 7.09. The SMILES string of the molecule is CCOc1ccc(C(CN)NCCC2CC2)cc1.